The van der Waals surface area contributed by atoms with E-state index < -0.39 is 5.97 Å². The summed E-state index contributed by atoms with van der Waals surface area (Å²) in [6, 6.07) is 8.99. The monoisotopic (exact) mass is 243 g/mol. The van der Waals surface area contributed by atoms with Crippen LogP contribution in [0, 0.1) is 0 Å². The van der Waals surface area contributed by atoms with Crippen LogP contribution in [0.4, 0.5) is 5.69 Å². The first-order valence-electron chi connectivity index (χ1n) is 5.42. The second-order valence-corrected chi connectivity index (χ2v) is 4.01. The van der Waals surface area contributed by atoms with E-state index in [0.717, 1.165) is 11.3 Å². The molecule has 0 atom stereocenters. The molecule has 92 valence electrons. The summed E-state index contributed by atoms with van der Waals surface area (Å²) in [6.07, 6.45) is 1.45. The molecule has 0 aliphatic carbocycles. The smallest absolute Gasteiger partial charge is 0.354 e. The Hall–Kier alpha value is -2.43. The van der Waals surface area contributed by atoms with Crippen LogP contribution >= 0.6 is 0 Å². The third kappa shape index (κ3) is 2.45. The fraction of sp³-hybridized carbons (Fsp3) is 0.154. The van der Waals surface area contributed by atoms with Gasteiger partial charge < -0.3 is 10.0 Å². The minimum atomic E-state index is -1.05. The molecule has 5 heteroatoms. The van der Waals surface area contributed by atoms with Crippen molar-refractivity contribution in [1.82, 2.24) is 9.97 Å². The lowest BCUT2D eigenvalue weighted by Gasteiger charge is -2.12. The highest BCUT2D eigenvalue weighted by Crippen LogP contribution is 2.19. The number of carboxylic acids is 1. The molecule has 2 aromatic rings. The summed E-state index contributed by atoms with van der Waals surface area (Å²) in [5.74, 6) is -0.635. The van der Waals surface area contributed by atoms with Gasteiger partial charge in [0.2, 0.25) is 0 Å². The average molecular weight is 243 g/mol. The first kappa shape index (κ1) is 12.0. The third-order valence-corrected chi connectivity index (χ3v) is 2.52. The van der Waals surface area contributed by atoms with Gasteiger partial charge in [-0.1, -0.05) is 0 Å². The lowest BCUT2D eigenvalue weighted by Crippen LogP contribution is -2.08. The fourth-order valence-electron chi connectivity index (χ4n) is 1.53. The van der Waals surface area contributed by atoms with Crippen LogP contribution in [-0.4, -0.2) is 35.1 Å². The zero-order valence-corrected chi connectivity index (χ0v) is 10.2. The number of carboxylic acid groups (broad SMARTS) is 1. The molecule has 1 aromatic heterocycles. The molecule has 0 aliphatic heterocycles. The first-order valence-corrected chi connectivity index (χ1v) is 5.42. The summed E-state index contributed by atoms with van der Waals surface area (Å²) in [4.78, 5) is 20.9. The highest BCUT2D eigenvalue weighted by molar-refractivity contribution is 5.85. The number of hydrogen-bond acceptors (Lipinski definition) is 4. The summed E-state index contributed by atoms with van der Waals surface area (Å²) >= 11 is 0. The van der Waals surface area contributed by atoms with Crippen molar-refractivity contribution in [3.63, 3.8) is 0 Å². The number of carbonyl (C=O) groups is 1. The SMILES string of the molecule is CN(C)c1ccc(-c2nccc(C(=O)O)n2)cc1. The quantitative estimate of drug-likeness (QED) is 0.891. The van der Waals surface area contributed by atoms with E-state index in [9.17, 15) is 4.79 Å². The van der Waals surface area contributed by atoms with Crippen molar-refractivity contribution in [2.75, 3.05) is 19.0 Å². The summed E-state index contributed by atoms with van der Waals surface area (Å²) in [7, 11) is 3.91. The van der Waals surface area contributed by atoms with Crippen molar-refractivity contribution in [3.05, 3.63) is 42.2 Å². The van der Waals surface area contributed by atoms with Gasteiger partial charge in [0.25, 0.3) is 0 Å². The van der Waals surface area contributed by atoms with Gasteiger partial charge in [-0.3, -0.25) is 0 Å². The van der Waals surface area contributed by atoms with Crippen LogP contribution in [0.25, 0.3) is 11.4 Å². The Kier molecular flexibility index (Phi) is 3.23. The number of benzene rings is 1. The topological polar surface area (TPSA) is 66.3 Å². The van der Waals surface area contributed by atoms with Crippen molar-refractivity contribution < 1.29 is 9.90 Å². The van der Waals surface area contributed by atoms with E-state index in [1.807, 2.05) is 43.3 Å². The number of anilines is 1. The maximum Gasteiger partial charge on any atom is 0.354 e. The summed E-state index contributed by atoms with van der Waals surface area (Å²) in [5.41, 5.74) is 1.86. The second kappa shape index (κ2) is 4.83. The lowest BCUT2D eigenvalue weighted by atomic mass is 10.2. The molecule has 0 saturated carbocycles. The Morgan fingerprint density at radius 3 is 2.39 bits per heavy atom. The third-order valence-electron chi connectivity index (χ3n) is 2.52. The van der Waals surface area contributed by atoms with E-state index in [2.05, 4.69) is 9.97 Å². The van der Waals surface area contributed by atoms with E-state index >= 15 is 0 Å². The molecule has 5 nitrogen and oxygen atoms in total. The maximum atomic E-state index is 10.8. The van der Waals surface area contributed by atoms with E-state index in [0.29, 0.717) is 5.82 Å². The van der Waals surface area contributed by atoms with Gasteiger partial charge in [-0.25, -0.2) is 14.8 Å². The van der Waals surface area contributed by atoms with Gasteiger partial charge >= 0.3 is 5.97 Å². The van der Waals surface area contributed by atoms with Gasteiger partial charge in [0.05, 0.1) is 0 Å². The first-order chi connectivity index (χ1) is 8.58. The normalized spacial score (nSPS) is 10.1. The molecule has 1 aromatic carbocycles. The van der Waals surface area contributed by atoms with Crippen LogP contribution in [0.5, 0.6) is 0 Å². The van der Waals surface area contributed by atoms with E-state index in [4.69, 9.17) is 5.11 Å². The van der Waals surface area contributed by atoms with Crippen molar-refractivity contribution in [1.29, 1.82) is 0 Å². The number of aromatic carboxylic acids is 1. The Morgan fingerprint density at radius 1 is 1.17 bits per heavy atom. The van der Waals surface area contributed by atoms with Gasteiger partial charge in [0, 0.05) is 31.5 Å². The van der Waals surface area contributed by atoms with Crippen molar-refractivity contribution in [2.24, 2.45) is 0 Å². The largest absolute Gasteiger partial charge is 0.477 e. The van der Waals surface area contributed by atoms with Crippen molar-refractivity contribution in [3.8, 4) is 11.4 Å². The molecule has 1 heterocycles. The molecule has 18 heavy (non-hydrogen) atoms. The molecular weight excluding hydrogens is 230 g/mol. The van der Waals surface area contributed by atoms with Gasteiger partial charge in [-0.05, 0) is 30.3 Å². The summed E-state index contributed by atoms with van der Waals surface area (Å²) < 4.78 is 0. The molecule has 0 bridgehead atoms. The minimum absolute atomic E-state index is 0.00307. The average Bonchev–Trinajstić information content (AvgIpc) is 2.39. The van der Waals surface area contributed by atoms with Gasteiger partial charge in [0.1, 0.15) is 0 Å². The van der Waals surface area contributed by atoms with Gasteiger partial charge in [-0.15, -0.1) is 0 Å². The summed E-state index contributed by atoms with van der Waals surface area (Å²) in [6.45, 7) is 0. The van der Waals surface area contributed by atoms with Crippen LogP contribution in [0.1, 0.15) is 10.5 Å². The molecule has 0 fully saturated rings. The lowest BCUT2D eigenvalue weighted by molar-refractivity contribution is 0.0690. The zero-order chi connectivity index (χ0) is 13.1. The zero-order valence-electron chi connectivity index (χ0n) is 10.2. The Bertz CT molecular complexity index is 565. The standard InChI is InChI=1S/C13H13N3O2/c1-16(2)10-5-3-9(4-6-10)12-14-8-7-11(15-12)13(17)18/h3-8H,1-2H3,(H,17,18). The van der Waals surface area contributed by atoms with Crippen LogP contribution in [0.15, 0.2) is 36.5 Å². The van der Waals surface area contributed by atoms with Crippen LogP contribution in [-0.2, 0) is 0 Å². The molecular formula is C13H13N3O2. The number of aromatic nitrogens is 2. The second-order valence-electron chi connectivity index (χ2n) is 4.01. The molecule has 0 radical (unpaired) electrons. The Balaban J connectivity index is 2.36. The molecule has 0 saturated heterocycles. The minimum Gasteiger partial charge on any atom is -0.477 e. The van der Waals surface area contributed by atoms with Crippen LogP contribution in [0.2, 0.25) is 0 Å². The predicted octanol–water partition coefficient (Wildman–Crippen LogP) is 1.91. The van der Waals surface area contributed by atoms with Crippen molar-refractivity contribution in [2.45, 2.75) is 0 Å². The highest BCUT2D eigenvalue weighted by Gasteiger charge is 2.07. The maximum absolute atomic E-state index is 10.8. The number of rotatable bonds is 3. The Morgan fingerprint density at radius 2 is 1.83 bits per heavy atom. The van der Waals surface area contributed by atoms with Crippen LogP contribution in [0.3, 0.4) is 0 Å². The van der Waals surface area contributed by atoms with Gasteiger partial charge in [0.15, 0.2) is 11.5 Å². The molecule has 0 aliphatic rings. The molecule has 0 spiro atoms. The highest BCUT2D eigenvalue weighted by atomic mass is 16.4. The van der Waals surface area contributed by atoms with E-state index in [-0.39, 0.29) is 5.69 Å². The number of hydrogen-bond donors (Lipinski definition) is 1. The Labute approximate surface area is 105 Å². The van der Waals surface area contributed by atoms with E-state index in [1.165, 1.54) is 12.3 Å². The van der Waals surface area contributed by atoms with Gasteiger partial charge in [-0.2, -0.15) is 0 Å². The number of nitrogens with zero attached hydrogens (tertiary/aromatic N) is 3. The molecule has 2 rings (SSSR count). The summed E-state index contributed by atoms with van der Waals surface area (Å²) in [5, 5.41) is 8.88. The molecule has 0 amide bonds. The fourth-order valence-corrected chi connectivity index (χ4v) is 1.53. The van der Waals surface area contributed by atoms with E-state index in [1.54, 1.807) is 0 Å². The van der Waals surface area contributed by atoms with Crippen LogP contribution < -0.4 is 4.90 Å². The molecule has 0 unspecified atom stereocenters. The van der Waals surface area contributed by atoms with Crippen molar-refractivity contribution >= 4 is 11.7 Å². The predicted molar refractivity (Wildman–Crippen MR) is 68.8 cm³/mol. The molecule has 1 N–H and O–H groups in total.